The summed E-state index contributed by atoms with van der Waals surface area (Å²) < 4.78 is 32.3. The Bertz CT molecular complexity index is 637. The highest BCUT2D eigenvalue weighted by molar-refractivity contribution is 9.10. The second-order valence-electron chi connectivity index (χ2n) is 5.16. The first kappa shape index (κ1) is 17.0. The van der Waals surface area contributed by atoms with E-state index in [1.54, 1.807) is 0 Å². The standard InChI is InChI=1S/C13H17BrClNO4S/c1-8-5-16(6-9(8)7-17)21(18,19)13-4-11(15)12(20-2)3-10(13)14/h3-4,8-9,17H,5-7H2,1-2H3/t8-,9+/m1/s1. The number of aliphatic hydroxyl groups excluding tert-OH is 1. The van der Waals surface area contributed by atoms with E-state index in [9.17, 15) is 13.5 Å². The molecule has 0 amide bonds. The summed E-state index contributed by atoms with van der Waals surface area (Å²) in [6, 6.07) is 2.93. The Kier molecular flexibility index (Phi) is 5.20. The number of rotatable bonds is 4. The average molecular weight is 399 g/mol. The number of ether oxygens (including phenoxy) is 1. The molecule has 0 radical (unpaired) electrons. The molecule has 8 heteroatoms. The molecular formula is C13H17BrClNO4S. The molecule has 2 rings (SSSR count). The van der Waals surface area contributed by atoms with Crippen molar-refractivity contribution in [3.05, 3.63) is 21.6 Å². The van der Waals surface area contributed by atoms with Crippen LogP contribution in [0.25, 0.3) is 0 Å². The van der Waals surface area contributed by atoms with E-state index >= 15 is 0 Å². The first-order valence-corrected chi connectivity index (χ1v) is 9.06. The van der Waals surface area contributed by atoms with Gasteiger partial charge in [-0.3, -0.25) is 0 Å². The number of methoxy groups -OCH3 is 1. The van der Waals surface area contributed by atoms with Crippen molar-refractivity contribution in [3.8, 4) is 5.75 Å². The Morgan fingerprint density at radius 3 is 2.67 bits per heavy atom. The van der Waals surface area contributed by atoms with Crippen LogP contribution in [0, 0.1) is 11.8 Å². The lowest BCUT2D eigenvalue weighted by molar-refractivity contribution is 0.210. The van der Waals surface area contributed by atoms with E-state index in [0.29, 0.717) is 23.3 Å². The summed E-state index contributed by atoms with van der Waals surface area (Å²) in [6.45, 7) is 2.63. The van der Waals surface area contributed by atoms with Gasteiger partial charge in [-0.2, -0.15) is 4.31 Å². The minimum atomic E-state index is -3.66. The highest BCUT2D eigenvalue weighted by Gasteiger charge is 2.37. The van der Waals surface area contributed by atoms with Crippen molar-refractivity contribution in [2.24, 2.45) is 11.8 Å². The number of sulfonamides is 1. The highest BCUT2D eigenvalue weighted by Crippen LogP contribution is 2.36. The second kappa shape index (κ2) is 6.42. The van der Waals surface area contributed by atoms with Gasteiger partial charge in [0.25, 0.3) is 0 Å². The third kappa shape index (κ3) is 3.22. The van der Waals surface area contributed by atoms with Crippen LogP contribution < -0.4 is 4.74 Å². The zero-order chi connectivity index (χ0) is 15.8. The molecule has 2 atom stereocenters. The second-order valence-corrected chi connectivity index (χ2v) is 8.33. The van der Waals surface area contributed by atoms with Crippen molar-refractivity contribution in [2.45, 2.75) is 11.8 Å². The van der Waals surface area contributed by atoms with Crippen molar-refractivity contribution >= 4 is 37.6 Å². The van der Waals surface area contributed by atoms with E-state index in [1.807, 2.05) is 6.92 Å². The lowest BCUT2D eigenvalue weighted by Gasteiger charge is -2.18. The molecule has 0 saturated carbocycles. The number of hydrogen-bond acceptors (Lipinski definition) is 4. The Morgan fingerprint density at radius 2 is 2.14 bits per heavy atom. The van der Waals surface area contributed by atoms with Crippen LogP contribution in [0.2, 0.25) is 5.02 Å². The molecule has 1 N–H and O–H groups in total. The third-order valence-corrected chi connectivity index (χ3v) is 6.88. The maximum absolute atomic E-state index is 12.7. The third-order valence-electron chi connectivity index (χ3n) is 3.79. The maximum atomic E-state index is 12.7. The topological polar surface area (TPSA) is 66.8 Å². The van der Waals surface area contributed by atoms with E-state index in [4.69, 9.17) is 16.3 Å². The van der Waals surface area contributed by atoms with Crippen LogP contribution in [-0.2, 0) is 10.0 Å². The molecule has 0 aliphatic carbocycles. The summed E-state index contributed by atoms with van der Waals surface area (Å²) in [5.41, 5.74) is 0. The SMILES string of the molecule is COc1cc(Br)c(S(=O)(=O)N2C[C@@H](CO)[C@H](C)C2)cc1Cl. The normalized spacial score (nSPS) is 23.5. The fourth-order valence-corrected chi connectivity index (χ4v) is 5.33. The van der Waals surface area contributed by atoms with E-state index in [-0.39, 0.29) is 28.4 Å². The van der Waals surface area contributed by atoms with Gasteiger partial charge >= 0.3 is 0 Å². The average Bonchev–Trinajstić information content (AvgIpc) is 2.82. The number of halogens is 2. The predicted octanol–water partition coefficient (Wildman–Crippen LogP) is 2.36. The fraction of sp³-hybridized carbons (Fsp3) is 0.538. The van der Waals surface area contributed by atoms with Crippen LogP contribution in [0.3, 0.4) is 0 Å². The number of benzene rings is 1. The van der Waals surface area contributed by atoms with E-state index in [0.717, 1.165) is 0 Å². The molecule has 1 fully saturated rings. The van der Waals surface area contributed by atoms with Crippen molar-refractivity contribution in [1.29, 1.82) is 0 Å². The quantitative estimate of drug-likeness (QED) is 0.845. The van der Waals surface area contributed by atoms with Gasteiger partial charge in [0.1, 0.15) is 5.75 Å². The highest BCUT2D eigenvalue weighted by atomic mass is 79.9. The van der Waals surface area contributed by atoms with Gasteiger partial charge < -0.3 is 9.84 Å². The molecule has 0 aromatic heterocycles. The van der Waals surface area contributed by atoms with Gasteiger partial charge in [-0.15, -0.1) is 0 Å². The first-order chi connectivity index (χ1) is 9.81. The molecule has 0 spiro atoms. The summed E-state index contributed by atoms with van der Waals surface area (Å²) >= 11 is 9.29. The molecule has 21 heavy (non-hydrogen) atoms. The van der Waals surface area contributed by atoms with Crippen LogP contribution >= 0.6 is 27.5 Å². The number of nitrogens with zero attached hydrogens (tertiary/aromatic N) is 1. The molecule has 5 nitrogen and oxygen atoms in total. The Labute approximate surface area is 138 Å². The summed E-state index contributed by atoms with van der Waals surface area (Å²) in [5, 5.41) is 9.53. The van der Waals surface area contributed by atoms with Gasteiger partial charge in [0.05, 0.1) is 17.0 Å². The van der Waals surface area contributed by atoms with Crippen molar-refractivity contribution in [2.75, 3.05) is 26.8 Å². The number of aliphatic hydroxyl groups is 1. The predicted molar refractivity (Wildman–Crippen MR) is 84.2 cm³/mol. The van der Waals surface area contributed by atoms with Crippen LogP contribution in [0.4, 0.5) is 0 Å². The van der Waals surface area contributed by atoms with Crippen LogP contribution in [0.1, 0.15) is 6.92 Å². The van der Waals surface area contributed by atoms with Gasteiger partial charge in [0.2, 0.25) is 10.0 Å². The summed E-state index contributed by atoms with van der Waals surface area (Å²) in [4.78, 5) is 0.110. The Balaban J connectivity index is 2.39. The van der Waals surface area contributed by atoms with Crippen LogP contribution in [0.5, 0.6) is 5.75 Å². The summed E-state index contributed by atoms with van der Waals surface area (Å²) in [7, 11) is -2.19. The summed E-state index contributed by atoms with van der Waals surface area (Å²) in [6.07, 6.45) is 0. The lowest BCUT2D eigenvalue weighted by atomic mass is 10.00. The molecule has 0 unspecified atom stereocenters. The smallest absolute Gasteiger partial charge is 0.244 e. The minimum absolute atomic E-state index is 0.0161. The molecule has 1 aromatic carbocycles. The van der Waals surface area contributed by atoms with Gasteiger partial charge in [-0.05, 0) is 39.9 Å². The van der Waals surface area contributed by atoms with Crippen molar-refractivity contribution < 1.29 is 18.3 Å². The maximum Gasteiger partial charge on any atom is 0.244 e. The molecule has 1 heterocycles. The van der Waals surface area contributed by atoms with Crippen LogP contribution in [0.15, 0.2) is 21.5 Å². The zero-order valence-electron chi connectivity index (χ0n) is 11.7. The zero-order valence-corrected chi connectivity index (χ0v) is 14.9. The fourth-order valence-electron chi connectivity index (χ4n) is 2.42. The number of hydrogen-bond donors (Lipinski definition) is 1. The largest absolute Gasteiger partial charge is 0.495 e. The molecule has 118 valence electrons. The molecule has 1 aliphatic rings. The van der Waals surface area contributed by atoms with E-state index < -0.39 is 10.0 Å². The van der Waals surface area contributed by atoms with Gasteiger partial charge in [0, 0.05) is 24.2 Å². The Hall–Kier alpha value is -0.340. The molecule has 1 aliphatic heterocycles. The van der Waals surface area contributed by atoms with Gasteiger partial charge in [-0.1, -0.05) is 18.5 Å². The molecular weight excluding hydrogens is 382 g/mol. The van der Waals surface area contributed by atoms with Crippen molar-refractivity contribution in [1.82, 2.24) is 4.31 Å². The summed E-state index contributed by atoms with van der Waals surface area (Å²) in [5.74, 6) is 0.495. The van der Waals surface area contributed by atoms with E-state index in [2.05, 4.69) is 15.9 Å². The monoisotopic (exact) mass is 397 g/mol. The van der Waals surface area contributed by atoms with Crippen LogP contribution in [-0.4, -0.2) is 44.6 Å². The minimum Gasteiger partial charge on any atom is -0.495 e. The molecule has 1 aromatic rings. The molecule has 0 bridgehead atoms. The van der Waals surface area contributed by atoms with Gasteiger partial charge in [0.15, 0.2) is 0 Å². The van der Waals surface area contributed by atoms with Crippen molar-refractivity contribution in [3.63, 3.8) is 0 Å². The lowest BCUT2D eigenvalue weighted by Crippen LogP contribution is -2.29. The molecule has 1 saturated heterocycles. The first-order valence-electron chi connectivity index (χ1n) is 6.45. The Morgan fingerprint density at radius 1 is 1.48 bits per heavy atom. The van der Waals surface area contributed by atoms with Gasteiger partial charge in [-0.25, -0.2) is 8.42 Å². The van der Waals surface area contributed by atoms with E-state index in [1.165, 1.54) is 23.5 Å².